The molecular weight excluding hydrogens is 334 g/mol. The molecule has 0 saturated carbocycles. The van der Waals surface area contributed by atoms with Gasteiger partial charge in [0.2, 0.25) is 0 Å². The normalized spacial score (nSPS) is 18.5. The summed E-state index contributed by atoms with van der Waals surface area (Å²) in [7, 11) is 0. The number of halogens is 3. The Kier molecular flexibility index (Phi) is 4.28. The molecule has 9 heteroatoms. The third-order valence-electron chi connectivity index (χ3n) is 3.37. The van der Waals surface area contributed by atoms with Crippen LogP contribution in [0, 0.1) is 5.82 Å². The number of carbonyl (C=O) groups is 1. The van der Waals surface area contributed by atoms with Crippen LogP contribution in [0.4, 0.5) is 4.39 Å². The first-order valence-electron chi connectivity index (χ1n) is 6.47. The number of nitrogens with one attached hydrogen (secondary N) is 1. The Morgan fingerprint density at radius 3 is 2.95 bits per heavy atom. The van der Waals surface area contributed by atoms with Gasteiger partial charge in [-0.1, -0.05) is 23.2 Å². The molecule has 6 nitrogen and oxygen atoms in total. The zero-order valence-corrected chi connectivity index (χ0v) is 12.7. The van der Waals surface area contributed by atoms with Crippen molar-refractivity contribution in [3.8, 4) is 0 Å². The standard InChI is InChI=1S/C13H11Cl2FN4O2/c14-8-4-9(15)10(16)3-7(8)12-6-20(1-2-22-12)13(21)11-5-17-19-18-11/h3-5,12H,1-2,6H2,(H,17,18,19)/t12-/m1/s1. The van der Waals surface area contributed by atoms with Gasteiger partial charge in [0.15, 0.2) is 5.69 Å². The second-order valence-corrected chi connectivity index (χ2v) is 5.57. The highest BCUT2D eigenvalue weighted by Gasteiger charge is 2.29. The Morgan fingerprint density at radius 1 is 1.41 bits per heavy atom. The summed E-state index contributed by atoms with van der Waals surface area (Å²) in [5.41, 5.74) is 0.676. The summed E-state index contributed by atoms with van der Waals surface area (Å²) in [4.78, 5) is 13.8. The number of hydrogen-bond acceptors (Lipinski definition) is 4. The van der Waals surface area contributed by atoms with Gasteiger partial charge in [0, 0.05) is 17.1 Å². The van der Waals surface area contributed by atoms with Gasteiger partial charge in [0.1, 0.15) is 11.9 Å². The molecule has 1 saturated heterocycles. The number of nitrogens with zero attached hydrogens (tertiary/aromatic N) is 3. The largest absolute Gasteiger partial charge is 0.370 e. The van der Waals surface area contributed by atoms with Gasteiger partial charge in [0.05, 0.1) is 24.4 Å². The highest BCUT2D eigenvalue weighted by Crippen LogP contribution is 2.32. The number of hydrogen-bond donors (Lipinski definition) is 1. The summed E-state index contributed by atoms with van der Waals surface area (Å²) in [6.45, 7) is 0.969. The average molecular weight is 345 g/mol. The highest BCUT2D eigenvalue weighted by atomic mass is 35.5. The van der Waals surface area contributed by atoms with E-state index in [1.54, 1.807) is 4.90 Å². The van der Waals surface area contributed by atoms with Crippen LogP contribution in [-0.2, 0) is 4.74 Å². The fourth-order valence-corrected chi connectivity index (χ4v) is 2.78. The number of aromatic amines is 1. The minimum Gasteiger partial charge on any atom is -0.370 e. The molecule has 0 aliphatic carbocycles. The van der Waals surface area contributed by atoms with Gasteiger partial charge in [-0.3, -0.25) is 4.79 Å². The van der Waals surface area contributed by atoms with Crippen molar-refractivity contribution in [2.45, 2.75) is 6.10 Å². The Balaban J connectivity index is 1.81. The van der Waals surface area contributed by atoms with E-state index >= 15 is 0 Å². The van der Waals surface area contributed by atoms with E-state index in [-0.39, 0.29) is 23.2 Å². The average Bonchev–Trinajstić information content (AvgIpc) is 3.04. The molecule has 1 aliphatic heterocycles. The van der Waals surface area contributed by atoms with Gasteiger partial charge in [0.25, 0.3) is 5.91 Å². The zero-order valence-electron chi connectivity index (χ0n) is 11.2. The van der Waals surface area contributed by atoms with E-state index in [1.807, 2.05) is 0 Å². The smallest absolute Gasteiger partial charge is 0.276 e. The van der Waals surface area contributed by atoms with Crippen LogP contribution >= 0.6 is 23.2 Å². The third kappa shape index (κ3) is 2.92. The molecule has 2 heterocycles. The summed E-state index contributed by atoms with van der Waals surface area (Å²) in [5, 5.41) is 10.0. The Hall–Kier alpha value is -1.70. The second-order valence-electron chi connectivity index (χ2n) is 4.75. The molecule has 116 valence electrons. The van der Waals surface area contributed by atoms with Gasteiger partial charge in [-0.25, -0.2) is 4.39 Å². The van der Waals surface area contributed by atoms with E-state index < -0.39 is 11.9 Å². The maximum atomic E-state index is 13.6. The van der Waals surface area contributed by atoms with Gasteiger partial charge in [-0.15, -0.1) is 0 Å². The zero-order chi connectivity index (χ0) is 15.7. The number of ether oxygens (including phenoxy) is 1. The molecular formula is C13H11Cl2FN4O2. The van der Waals surface area contributed by atoms with Crippen LogP contribution in [0.2, 0.25) is 10.0 Å². The first kappa shape index (κ1) is 15.2. The van der Waals surface area contributed by atoms with Crippen molar-refractivity contribution in [2.75, 3.05) is 19.7 Å². The van der Waals surface area contributed by atoms with Gasteiger partial charge >= 0.3 is 0 Å². The van der Waals surface area contributed by atoms with Crippen LogP contribution in [-0.4, -0.2) is 45.9 Å². The van der Waals surface area contributed by atoms with Crippen molar-refractivity contribution in [3.63, 3.8) is 0 Å². The molecule has 1 amide bonds. The molecule has 3 rings (SSSR count). The minimum atomic E-state index is -0.579. The quantitative estimate of drug-likeness (QED) is 0.849. The number of H-pyrrole nitrogens is 1. The summed E-state index contributed by atoms with van der Waals surface area (Å²) in [6, 6.07) is 2.56. The van der Waals surface area contributed by atoms with Crippen molar-refractivity contribution in [2.24, 2.45) is 0 Å². The molecule has 1 N–H and O–H groups in total. The lowest BCUT2D eigenvalue weighted by atomic mass is 10.1. The first-order chi connectivity index (χ1) is 10.6. The lowest BCUT2D eigenvalue weighted by Gasteiger charge is -2.33. The van der Waals surface area contributed by atoms with E-state index in [0.717, 1.165) is 0 Å². The van der Waals surface area contributed by atoms with Gasteiger partial charge in [-0.2, -0.15) is 15.4 Å². The molecule has 0 unspecified atom stereocenters. The maximum Gasteiger partial charge on any atom is 0.276 e. The number of aromatic nitrogens is 3. The van der Waals surface area contributed by atoms with Crippen LogP contribution in [0.1, 0.15) is 22.2 Å². The van der Waals surface area contributed by atoms with Crippen LogP contribution in [0.3, 0.4) is 0 Å². The molecule has 1 fully saturated rings. The first-order valence-corrected chi connectivity index (χ1v) is 7.23. The number of benzene rings is 1. The predicted molar refractivity (Wildman–Crippen MR) is 77.4 cm³/mol. The van der Waals surface area contributed by atoms with Crippen molar-refractivity contribution in [1.82, 2.24) is 20.3 Å². The second kappa shape index (κ2) is 6.20. The van der Waals surface area contributed by atoms with E-state index in [0.29, 0.717) is 23.7 Å². The molecule has 2 aromatic rings. The summed E-state index contributed by atoms with van der Waals surface area (Å²) >= 11 is 11.8. The number of carbonyl (C=O) groups excluding carboxylic acids is 1. The van der Waals surface area contributed by atoms with E-state index in [9.17, 15) is 9.18 Å². The summed E-state index contributed by atoms with van der Waals surface area (Å²) < 4.78 is 19.2. The predicted octanol–water partition coefficient (Wildman–Crippen LogP) is 2.46. The lowest BCUT2D eigenvalue weighted by molar-refractivity contribution is -0.0230. The van der Waals surface area contributed by atoms with Crippen LogP contribution in [0.15, 0.2) is 18.3 Å². The Morgan fingerprint density at radius 2 is 2.23 bits per heavy atom. The number of morpholine rings is 1. The SMILES string of the molecule is O=C(c1cn[nH]n1)N1CCO[C@@H](c2cc(F)c(Cl)cc2Cl)C1. The molecule has 0 radical (unpaired) electrons. The highest BCUT2D eigenvalue weighted by molar-refractivity contribution is 6.35. The Labute approximate surface area is 135 Å². The molecule has 1 atom stereocenters. The van der Waals surface area contributed by atoms with Crippen molar-refractivity contribution >= 4 is 29.1 Å². The van der Waals surface area contributed by atoms with Gasteiger partial charge in [-0.05, 0) is 12.1 Å². The van der Waals surface area contributed by atoms with E-state index in [2.05, 4.69) is 15.4 Å². The van der Waals surface area contributed by atoms with Gasteiger partial charge < -0.3 is 9.64 Å². The third-order valence-corrected chi connectivity index (χ3v) is 3.99. The van der Waals surface area contributed by atoms with Crippen LogP contribution in [0.25, 0.3) is 0 Å². The van der Waals surface area contributed by atoms with E-state index in [4.69, 9.17) is 27.9 Å². The summed E-state index contributed by atoms with van der Waals surface area (Å²) in [5.74, 6) is -0.850. The van der Waals surface area contributed by atoms with E-state index in [1.165, 1.54) is 18.3 Å². The summed E-state index contributed by atoms with van der Waals surface area (Å²) in [6.07, 6.45) is 0.825. The molecule has 1 aliphatic rings. The molecule has 22 heavy (non-hydrogen) atoms. The van der Waals surface area contributed by atoms with Crippen molar-refractivity contribution < 1.29 is 13.9 Å². The maximum absolute atomic E-state index is 13.6. The Bertz CT molecular complexity index is 696. The van der Waals surface area contributed by atoms with Crippen molar-refractivity contribution in [3.05, 3.63) is 45.4 Å². The fourth-order valence-electron chi connectivity index (χ4n) is 2.27. The van der Waals surface area contributed by atoms with Crippen LogP contribution in [0.5, 0.6) is 0 Å². The van der Waals surface area contributed by atoms with Crippen molar-refractivity contribution in [1.29, 1.82) is 0 Å². The molecule has 1 aromatic heterocycles. The fraction of sp³-hybridized carbons (Fsp3) is 0.308. The number of amides is 1. The minimum absolute atomic E-state index is 0.0555. The topological polar surface area (TPSA) is 71.1 Å². The molecule has 0 spiro atoms. The monoisotopic (exact) mass is 344 g/mol. The lowest BCUT2D eigenvalue weighted by Crippen LogP contribution is -2.42. The molecule has 0 bridgehead atoms. The van der Waals surface area contributed by atoms with Crippen LogP contribution < -0.4 is 0 Å². The molecule has 1 aromatic carbocycles. The number of rotatable bonds is 2.